The van der Waals surface area contributed by atoms with Gasteiger partial charge in [-0.1, -0.05) is 30.3 Å². The van der Waals surface area contributed by atoms with E-state index in [9.17, 15) is 9.90 Å². The van der Waals surface area contributed by atoms with Crippen molar-refractivity contribution in [1.82, 2.24) is 15.1 Å². The van der Waals surface area contributed by atoms with Crippen LogP contribution in [0.3, 0.4) is 0 Å². The molecule has 0 aromatic heterocycles. The largest absolute Gasteiger partial charge is 0.387 e. The van der Waals surface area contributed by atoms with Crippen molar-refractivity contribution in [2.45, 2.75) is 18.6 Å². The van der Waals surface area contributed by atoms with Gasteiger partial charge in [0.2, 0.25) is 5.91 Å². The highest BCUT2D eigenvalue weighted by Gasteiger charge is 2.25. The van der Waals surface area contributed by atoms with Crippen molar-refractivity contribution in [2.24, 2.45) is 0 Å². The quantitative estimate of drug-likeness (QED) is 0.829. The van der Waals surface area contributed by atoms with E-state index in [0.29, 0.717) is 19.0 Å². The first-order chi connectivity index (χ1) is 11.7. The van der Waals surface area contributed by atoms with Gasteiger partial charge in [0, 0.05) is 63.2 Å². The Morgan fingerprint density at radius 2 is 2.00 bits per heavy atom. The number of amides is 1. The molecule has 0 radical (unpaired) electrons. The second-order valence-electron chi connectivity index (χ2n) is 6.54. The first-order valence-corrected chi connectivity index (χ1v) is 9.92. The van der Waals surface area contributed by atoms with Gasteiger partial charge in [-0.2, -0.15) is 11.8 Å². The van der Waals surface area contributed by atoms with Crippen molar-refractivity contribution in [3.63, 3.8) is 0 Å². The molecule has 0 bridgehead atoms. The molecule has 5 nitrogen and oxygen atoms in total. The Kier molecular flexibility index (Phi) is 6.54. The summed E-state index contributed by atoms with van der Waals surface area (Å²) < 4.78 is 0. The lowest BCUT2D eigenvalue weighted by Gasteiger charge is -2.36. The third kappa shape index (κ3) is 4.96. The number of piperazine rings is 1. The number of benzene rings is 1. The number of aliphatic hydroxyl groups is 1. The highest BCUT2D eigenvalue weighted by atomic mass is 32.2. The van der Waals surface area contributed by atoms with Crippen LogP contribution >= 0.6 is 11.8 Å². The van der Waals surface area contributed by atoms with E-state index in [2.05, 4.69) is 10.2 Å². The van der Waals surface area contributed by atoms with E-state index in [-0.39, 0.29) is 5.91 Å². The lowest BCUT2D eigenvalue weighted by atomic mass is 10.1. The van der Waals surface area contributed by atoms with Crippen LogP contribution in [0.1, 0.15) is 18.1 Å². The van der Waals surface area contributed by atoms with Crippen molar-refractivity contribution in [2.75, 3.05) is 50.8 Å². The average Bonchev–Trinajstić information content (AvgIpc) is 2.64. The molecule has 1 aromatic carbocycles. The van der Waals surface area contributed by atoms with Crippen molar-refractivity contribution in [3.05, 3.63) is 35.9 Å². The summed E-state index contributed by atoms with van der Waals surface area (Å²) in [5, 5.41) is 13.8. The molecule has 2 unspecified atom stereocenters. The van der Waals surface area contributed by atoms with Crippen molar-refractivity contribution < 1.29 is 9.90 Å². The lowest BCUT2D eigenvalue weighted by molar-refractivity contribution is -0.133. The Hall–Kier alpha value is -1.08. The van der Waals surface area contributed by atoms with Crippen molar-refractivity contribution in [1.29, 1.82) is 0 Å². The van der Waals surface area contributed by atoms with Crippen LogP contribution in [0.2, 0.25) is 0 Å². The van der Waals surface area contributed by atoms with Crippen LogP contribution in [0.5, 0.6) is 0 Å². The van der Waals surface area contributed by atoms with E-state index in [1.807, 2.05) is 47.0 Å². The van der Waals surface area contributed by atoms with Crippen LogP contribution < -0.4 is 5.32 Å². The maximum absolute atomic E-state index is 12.4. The van der Waals surface area contributed by atoms with Gasteiger partial charge in [0.05, 0.1) is 6.10 Å². The van der Waals surface area contributed by atoms with Crippen LogP contribution in [-0.4, -0.2) is 77.6 Å². The van der Waals surface area contributed by atoms with Crippen LogP contribution in [0, 0.1) is 0 Å². The summed E-state index contributed by atoms with van der Waals surface area (Å²) in [6, 6.07) is 10.1. The van der Waals surface area contributed by atoms with Gasteiger partial charge in [-0.3, -0.25) is 9.69 Å². The minimum Gasteiger partial charge on any atom is -0.387 e. The molecule has 1 aromatic rings. The van der Waals surface area contributed by atoms with E-state index in [1.165, 1.54) is 0 Å². The fourth-order valence-corrected chi connectivity index (χ4v) is 4.24. The fourth-order valence-electron chi connectivity index (χ4n) is 3.30. The smallest absolute Gasteiger partial charge is 0.224 e. The van der Waals surface area contributed by atoms with Gasteiger partial charge in [-0.15, -0.1) is 0 Å². The third-order valence-corrected chi connectivity index (χ3v) is 5.89. The van der Waals surface area contributed by atoms with Crippen LogP contribution in [0.4, 0.5) is 0 Å². The van der Waals surface area contributed by atoms with Gasteiger partial charge in [0.15, 0.2) is 0 Å². The second kappa shape index (κ2) is 8.85. The second-order valence-corrected chi connectivity index (χ2v) is 7.69. The first kappa shape index (κ1) is 17.7. The highest BCUT2D eigenvalue weighted by molar-refractivity contribution is 7.99. The molecule has 0 saturated carbocycles. The van der Waals surface area contributed by atoms with Gasteiger partial charge in [-0.25, -0.2) is 0 Å². The molecule has 132 valence electrons. The predicted octanol–water partition coefficient (Wildman–Crippen LogP) is 0.959. The van der Waals surface area contributed by atoms with Gasteiger partial charge < -0.3 is 15.3 Å². The summed E-state index contributed by atoms with van der Waals surface area (Å²) in [7, 11) is 0. The number of nitrogens with zero attached hydrogens (tertiary/aromatic N) is 2. The zero-order valence-electron chi connectivity index (χ0n) is 14.1. The molecular weight excluding hydrogens is 322 g/mol. The van der Waals surface area contributed by atoms with E-state index in [1.54, 1.807) is 0 Å². The zero-order chi connectivity index (χ0) is 16.8. The number of hydrogen-bond acceptors (Lipinski definition) is 5. The molecule has 3 rings (SSSR count). The van der Waals surface area contributed by atoms with E-state index < -0.39 is 6.10 Å². The number of carbonyl (C=O) groups is 1. The number of hydrogen-bond donors (Lipinski definition) is 2. The summed E-state index contributed by atoms with van der Waals surface area (Å²) >= 11 is 1.93. The molecule has 2 aliphatic rings. The summed E-state index contributed by atoms with van der Waals surface area (Å²) in [6.07, 6.45) is 0.150. The molecule has 2 aliphatic heterocycles. The van der Waals surface area contributed by atoms with Crippen molar-refractivity contribution >= 4 is 17.7 Å². The number of aliphatic hydroxyl groups excluding tert-OH is 1. The topological polar surface area (TPSA) is 55.8 Å². The number of thioether (sulfide) groups is 1. The Bertz CT molecular complexity index is 514. The van der Waals surface area contributed by atoms with E-state index in [4.69, 9.17) is 0 Å². The normalized spacial score (nSPS) is 23.9. The minimum atomic E-state index is -0.461. The zero-order valence-corrected chi connectivity index (χ0v) is 14.9. The molecule has 6 heteroatoms. The molecule has 1 amide bonds. The molecular formula is C18H27N3O2S. The minimum absolute atomic E-state index is 0.262. The maximum Gasteiger partial charge on any atom is 0.224 e. The predicted molar refractivity (Wildman–Crippen MR) is 98.2 cm³/mol. The van der Waals surface area contributed by atoms with Crippen LogP contribution in [0.15, 0.2) is 30.3 Å². The van der Waals surface area contributed by atoms with E-state index in [0.717, 1.165) is 49.8 Å². The Balaban J connectivity index is 1.41. The molecule has 2 N–H and O–H groups in total. The summed E-state index contributed by atoms with van der Waals surface area (Å²) in [6.45, 7) is 4.84. The number of β-amino-alcohol motifs (C(OH)–C–C–N with tert-alkyl or cyclic N) is 1. The SMILES string of the molecule is O=C(CC1CSCCN1)N1CCN(CC(O)c2ccccc2)CC1. The highest BCUT2D eigenvalue weighted by Crippen LogP contribution is 2.16. The molecule has 0 spiro atoms. The van der Waals surface area contributed by atoms with E-state index >= 15 is 0 Å². The fraction of sp³-hybridized carbons (Fsp3) is 0.611. The van der Waals surface area contributed by atoms with Gasteiger partial charge in [0.25, 0.3) is 0 Å². The Labute approximate surface area is 148 Å². The van der Waals surface area contributed by atoms with Crippen LogP contribution in [-0.2, 0) is 4.79 Å². The monoisotopic (exact) mass is 349 g/mol. The standard InChI is InChI=1S/C18H27N3O2S/c22-17(15-4-2-1-3-5-15)13-20-7-9-21(10-8-20)18(23)12-16-14-24-11-6-19-16/h1-5,16-17,19,22H,6-14H2. The first-order valence-electron chi connectivity index (χ1n) is 8.76. The third-order valence-electron chi connectivity index (χ3n) is 4.76. The summed E-state index contributed by atoms with van der Waals surface area (Å²) in [5.41, 5.74) is 0.955. The van der Waals surface area contributed by atoms with Gasteiger partial charge in [-0.05, 0) is 5.56 Å². The lowest BCUT2D eigenvalue weighted by Crippen LogP contribution is -2.51. The summed E-state index contributed by atoms with van der Waals surface area (Å²) in [5.74, 6) is 2.44. The Morgan fingerprint density at radius 1 is 1.25 bits per heavy atom. The number of nitrogens with one attached hydrogen (secondary N) is 1. The number of rotatable bonds is 5. The van der Waals surface area contributed by atoms with Crippen molar-refractivity contribution in [3.8, 4) is 0 Å². The molecule has 2 fully saturated rings. The molecule has 0 aliphatic carbocycles. The van der Waals surface area contributed by atoms with Gasteiger partial charge in [0.1, 0.15) is 0 Å². The van der Waals surface area contributed by atoms with Crippen LogP contribution in [0.25, 0.3) is 0 Å². The molecule has 2 atom stereocenters. The number of carbonyl (C=O) groups excluding carboxylic acids is 1. The van der Waals surface area contributed by atoms with Gasteiger partial charge >= 0.3 is 0 Å². The Morgan fingerprint density at radius 3 is 2.67 bits per heavy atom. The average molecular weight is 350 g/mol. The maximum atomic E-state index is 12.4. The molecule has 24 heavy (non-hydrogen) atoms. The summed E-state index contributed by atoms with van der Waals surface area (Å²) in [4.78, 5) is 16.7. The molecule has 2 saturated heterocycles. The molecule has 2 heterocycles.